The van der Waals surface area contributed by atoms with E-state index in [1.165, 1.54) is 0 Å². The first-order valence-corrected chi connectivity index (χ1v) is 7.51. The van der Waals surface area contributed by atoms with Crippen molar-refractivity contribution in [3.05, 3.63) is 17.5 Å². The summed E-state index contributed by atoms with van der Waals surface area (Å²) in [7, 11) is 0. The fourth-order valence-electron chi connectivity index (χ4n) is 2.83. The van der Waals surface area contributed by atoms with Crippen LogP contribution in [0.5, 0.6) is 0 Å². The molecule has 2 fully saturated rings. The predicted molar refractivity (Wildman–Crippen MR) is 74.1 cm³/mol. The molecule has 4 nitrogen and oxygen atoms in total. The minimum Gasteiger partial charge on any atom is -0.314 e. The van der Waals surface area contributed by atoms with Gasteiger partial charge in [0.05, 0.1) is 5.00 Å². The Morgan fingerprint density at radius 3 is 2.78 bits per heavy atom. The first-order chi connectivity index (χ1) is 8.84. The highest BCUT2D eigenvalue weighted by Crippen LogP contribution is 2.27. The average Bonchev–Trinajstić information content (AvgIpc) is 2.93. The molecule has 0 bridgehead atoms. The van der Waals surface area contributed by atoms with E-state index >= 15 is 0 Å². The molecule has 1 N–H and O–H groups in total. The SMILES string of the molecule is O=C1CC(N2CCNCC2)CCN1c1cccs1. The van der Waals surface area contributed by atoms with Crippen molar-refractivity contribution in [2.24, 2.45) is 0 Å². The van der Waals surface area contributed by atoms with Crippen LogP contribution in [0.2, 0.25) is 0 Å². The van der Waals surface area contributed by atoms with Gasteiger partial charge in [0.2, 0.25) is 5.91 Å². The lowest BCUT2D eigenvalue weighted by atomic mass is 10.0. The minimum absolute atomic E-state index is 0.284. The summed E-state index contributed by atoms with van der Waals surface area (Å²) in [6.07, 6.45) is 1.78. The third-order valence-corrected chi connectivity index (χ3v) is 4.73. The number of piperazine rings is 1. The Morgan fingerprint density at radius 2 is 2.11 bits per heavy atom. The van der Waals surface area contributed by atoms with Crippen LogP contribution in [0.15, 0.2) is 17.5 Å². The molecule has 0 spiro atoms. The number of amides is 1. The number of hydrogen-bond acceptors (Lipinski definition) is 4. The molecular weight excluding hydrogens is 246 g/mol. The zero-order chi connectivity index (χ0) is 12.4. The Labute approximate surface area is 112 Å². The highest BCUT2D eigenvalue weighted by atomic mass is 32.1. The molecule has 2 aliphatic heterocycles. The van der Waals surface area contributed by atoms with Crippen molar-refractivity contribution in [1.82, 2.24) is 10.2 Å². The maximum Gasteiger partial charge on any atom is 0.229 e. The molecule has 2 saturated heterocycles. The number of hydrogen-bond donors (Lipinski definition) is 1. The van der Waals surface area contributed by atoms with Gasteiger partial charge in [0.15, 0.2) is 0 Å². The summed E-state index contributed by atoms with van der Waals surface area (Å²) >= 11 is 1.65. The number of carbonyl (C=O) groups excluding carboxylic acids is 1. The topological polar surface area (TPSA) is 35.6 Å². The number of carbonyl (C=O) groups is 1. The van der Waals surface area contributed by atoms with Crippen LogP contribution in [0, 0.1) is 0 Å². The van der Waals surface area contributed by atoms with Crippen LogP contribution in [0.25, 0.3) is 0 Å². The van der Waals surface area contributed by atoms with Crippen molar-refractivity contribution in [3.63, 3.8) is 0 Å². The van der Waals surface area contributed by atoms with E-state index in [2.05, 4.69) is 10.2 Å². The Bertz CT molecular complexity index is 400. The predicted octanol–water partition coefficient (Wildman–Crippen LogP) is 1.15. The molecule has 18 heavy (non-hydrogen) atoms. The van der Waals surface area contributed by atoms with Crippen LogP contribution >= 0.6 is 11.3 Å². The lowest BCUT2D eigenvalue weighted by molar-refractivity contribution is -0.121. The first-order valence-electron chi connectivity index (χ1n) is 6.63. The summed E-state index contributed by atoms with van der Waals surface area (Å²) in [4.78, 5) is 16.7. The fourth-order valence-corrected chi connectivity index (χ4v) is 3.61. The van der Waals surface area contributed by atoms with Gasteiger partial charge in [-0.2, -0.15) is 0 Å². The van der Waals surface area contributed by atoms with Gasteiger partial charge >= 0.3 is 0 Å². The summed E-state index contributed by atoms with van der Waals surface area (Å²) in [5, 5.41) is 6.49. The largest absolute Gasteiger partial charge is 0.314 e. The summed E-state index contributed by atoms with van der Waals surface area (Å²) in [6, 6.07) is 4.50. The second-order valence-electron chi connectivity index (χ2n) is 4.93. The number of nitrogens with zero attached hydrogens (tertiary/aromatic N) is 2. The number of rotatable bonds is 2. The van der Waals surface area contributed by atoms with Crippen molar-refractivity contribution in [2.75, 3.05) is 37.6 Å². The molecule has 0 aromatic carbocycles. The van der Waals surface area contributed by atoms with Crippen LogP contribution < -0.4 is 10.2 Å². The molecule has 0 aliphatic carbocycles. The molecule has 1 aromatic rings. The van der Waals surface area contributed by atoms with E-state index in [0.717, 1.165) is 44.1 Å². The third kappa shape index (κ3) is 2.43. The molecule has 0 radical (unpaired) electrons. The Kier molecular flexibility index (Phi) is 3.63. The van der Waals surface area contributed by atoms with E-state index in [1.807, 2.05) is 22.4 Å². The molecule has 5 heteroatoms. The van der Waals surface area contributed by atoms with Crippen LogP contribution in [-0.2, 0) is 4.79 Å². The lowest BCUT2D eigenvalue weighted by Gasteiger charge is -2.39. The summed E-state index contributed by atoms with van der Waals surface area (Å²) in [6.45, 7) is 5.14. The maximum absolute atomic E-state index is 12.2. The summed E-state index contributed by atoms with van der Waals surface area (Å²) < 4.78 is 0. The third-order valence-electron chi connectivity index (χ3n) is 3.84. The van der Waals surface area contributed by atoms with Gasteiger partial charge in [0.25, 0.3) is 0 Å². The smallest absolute Gasteiger partial charge is 0.229 e. The van der Waals surface area contributed by atoms with E-state index < -0.39 is 0 Å². The normalized spacial score (nSPS) is 26.6. The molecular formula is C13H19N3OS. The fraction of sp³-hybridized carbons (Fsp3) is 0.615. The number of thiophene rings is 1. The molecule has 1 amide bonds. The second kappa shape index (κ2) is 5.38. The quantitative estimate of drug-likeness (QED) is 0.871. The van der Waals surface area contributed by atoms with Crippen molar-refractivity contribution in [2.45, 2.75) is 18.9 Å². The van der Waals surface area contributed by atoms with Gasteiger partial charge in [0, 0.05) is 45.2 Å². The summed E-state index contributed by atoms with van der Waals surface area (Å²) in [5.41, 5.74) is 0. The first kappa shape index (κ1) is 12.1. The highest BCUT2D eigenvalue weighted by Gasteiger charge is 2.31. The van der Waals surface area contributed by atoms with Gasteiger partial charge in [-0.1, -0.05) is 0 Å². The monoisotopic (exact) mass is 265 g/mol. The van der Waals surface area contributed by atoms with Crippen molar-refractivity contribution in [3.8, 4) is 0 Å². The van der Waals surface area contributed by atoms with Gasteiger partial charge in [-0.05, 0) is 23.9 Å². The lowest BCUT2D eigenvalue weighted by Crippen LogP contribution is -2.53. The highest BCUT2D eigenvalue weighted by molar-refractivity contribution is 7.14. The van der Waals surface area contributed by atoms with Crippen molar-refractivity contribution < 1.29 is 4.79 Å². The summed E-state index contributed by atoms with van der Waals surface area (Å²) in [5.74, 6) is 0.284. The van der Waals surface area contributed by atoms with Crippen molar-refractivity contribution >= 4 is 22.2 Å². The molecule has 3 heterocycles. The zero-order valence-electron chi connectivity index (χ0n) is 10.5. The standard InChI is InChI=1S/C13H19N3OS/c17-12-10-11(15-7-4-14-5-8-15)3-6-16(12)13-2-1-9-18-13/h1-2,9,11,14H,3-8,10H2. The van der Waals surface area contributed by atoms with E-state index in [9.17, 15) is 4.79 Å². The molecule has 1 atom stereocenters. The van der Waals surface area contributed by atoms with Gasteiger partial charge in [-0.15, -0.1) is 11.3 Å². The zero-order valence-corrected chi connectivity index (χ0v) is 11.3. The molecule has 1 aromatic heterocycles. The van der Waals surface area contributed by atoms with Gasteiger partial charge in [-0.3, -0.25) is 9.69 Å². The van der Waals surface area contributed by atoms with E-state index in [-0.39, 0.29) is 5.91 Å². The van der Waals surface area contributed by atoms with Crippen LogP contribution in [0.3, 0.4) is 0 Å². The van der Waals surface area contributed by atoms with Gasteiger partial charge in [0.1, 0.15) is 0 Å². The van der Waals surface area contributed by atoms with Gasteiger partial charge < -0.3 is 10.2 Å². The Balaban J connectivity index is 1.62. The molecule has 0 saturated carbocycles. The number of anilines is 1. The van der Waals surface area contributed by atoms with E-state index in [1.54, 1.807) is 11.3 Å². The van der Waals surface area contributed by atoms with E-state index in [4.69, 9.17) is 0 Å². The van der Waals surface area contributed by atoms with Crippen LogP contribution in [0.4, 0.5) is 5.00 Å². The number of nitrogens with one attached hydrogen (secondary N) is 1. The second-order valence-corrected chi connectivity index (χ2v) is 5.86. The molecule has 1 unspecified atom stereocenters. The molecule has 98 valence electrons. The van der Waals surface area contributed by atoms with Crippen molar-refractivity contribution in [1.29, 1.82) is 0 Å². The van der Waals surface area contributed by atoms with Crippen LogP contribution in [-0.4, -0.2) is 49.6 Å². The number of piperidine rings is 1. The van der Waals surface area contributed by atoms with Gasteiger partial charge in [-0.25, -0.2) is 0 Å². The van der Waals surface area contributed by atoms with Crippen LogP contribution in [0.1, 0.15) is 12.8 Å². The maximum atomic E-state index is 12.2. The Morgan fingerprint density at radius 1 is 1.28 bits per heavy atom. The molecule has 2 aliphatic rings. The average molecular weight is 265 g/mol. The van der Waals surface area contributed by atoms with E-state index in [0.29, 0.717) is 12.5 Å². The minimum atomic E-state index is 0.284. The Hall–Kier alpha value is -0.910. The molecule has 3 rings (SSSR count).